The zero-order chi connectivity index (χ0) is 20.4. The number of nitrogens with zero attached hydrogens (tertiary/aromatic N) is 5. The predicted octanol–water partition coefficient (Wildman–Crippen LogP) is 0.899. The van der Waals surface area contributed by atoms with Crippen molar-refractivity contribution in [2.45, 2.75) is 6.04 Å². The third kappa shape index (κ3) is 3.05. The van der Waals surface area contributed by atoms with Crippen LogP contribution in [0.1, 0.15) is 23.0 Å². The van der Waals surface area contributed by atoms with Crippen molar-refractivity contribution < 1.29 is 4.74 Å². The summed E-state index contributed by atoms with van der Waals surface area (Å²) >= 11 is 0. The largest absolute Gasteiger partial charge is 0.496 e. The Morgan fingerprint density at radius 3 is 2.50 bits per heavy atom. The Hall–Kier alpha value is -3.80. The van der Waals surface area contributed by atoms with E-state index in [1.54, 1.807) is 25.6 Å². The summed E-state index contributed by atoms with van der Waals surface area (Å²) in [6.45, 7) is 0. The topological polar surface area (TPSA) is 107 Å². The van der Waals surface area contributed by atoms with E-state index >= 15 is 0 Å². The second-order valence-corrected chi connectivity index (χ2v) is 6.26. The molecule has 144 valence electrons. The third-order valence-electron chi connectivity index (χ3n) is 4.62. The van der Waals surface area contributed by atoms with Crippen LogP contribution in [0.25, 0.3) is 0 Å². The van der Waals surface area contributed by atoms with E-state index in [1.807, 2.05) is 35.9 Å². The predicted molar refractivity (Wildman–Crippen MR) is 103 cm³/mol. The fourth-order valence-corrected chi connectivity index (χ4v) is 3.09. The first-order valence-corrected chi connectivity index (χ1v) is 8.47. The van der Waals surface area contributed by atoms with Crippen molar-refractivity contribution in [2.75, 3.05) is 12.4 Å². The SMILES string of the molecule is COc1ccccc1C(Nc1c(C#N)c(=O)n(C)c(=O)n1C)c1nccn1C. The van der Waals surface area contributed by atoms with Crippen LogP contribution in [0.5, 0.6) is 5.75 Å². The van der Waals surface area contributed by atoms with Gasteiger partial charge in [-0.15, -0.1) is 0 Å². The summed E-state index contributed by atoms with van der Waals surface area (Å²) in [5.74, 6) is 1.35. The lowest BCUT2D eigenvalue weighted by Gasteiger charge is -2.24. The lowest BCUT2D eigenvalue weighted by atomic mass is 10.0. The molecular weight excluding hydrogens is 360 g/mol. The lowest BCUT2D eigenvalue weighted by molar-refractivity contribution is 0.408. The molecule has 9 nitrogen and oxygen atoms in total. The third-order valence-corrected chi connectivity index (χ3v) is 4.62. The average molecular weight is 380 g/mol. The summed E-state index contributed by atoms with van der Waals surface area (Å²) in [5, 5.41) is 12.7. The zero-order valence-corrected chi connectivity index (χ0v) is 16.0. The Bertz CT molecular complexity index is 1180. The monoisotopic (exact) mass is 380 g/mol. The first-order chi connectivity index (χ1) is 13.4. The molecule has 0 saturated heterocycles. The standard InChI is InChI=1S/C19H20N6O3/c1-23-10-9-21-17(23)15(12-7-5-6-8-14(12)28-4)22-16-13(11-20)18(26)25(3)19(27)24(16)2/h5-10,15,22H,1-4H3. The summed E-state index contributed by atoms with van der Waals surface area (Å²) < 4.78 is 9.44. The van der Waals surface area contributed by atoms with Crippen LogP contribution in [0.15, 0.2) is 46.2 Å². The van der Waals surface area contributed by atoms with Gasteiger partial charge < -0.3 is 14.6 Å². The van der Waals surface area contributed by atoms with E-state index in [4.69, 9.17) is 4.74 Å². The highest BCUT2D eigenvalue weighted by molar-refractivity contribution is 5.55. The lowest BCUT2D eigenvalue weighted by Crippen LogP contribution is -2.40. The summed E-state index contributed by atoms with van der Waals surface area (Å²) in [5.41, 5.74) is -0.605. The minimum absolute atomic E-state index is 0.120. The van der Waals surface area contributed by atoms with Gasteiger partial charge in [0, 0.05) is 39.1 Å². The van der Waals surface area contributed by atoms with Gasteiger partial charge in [-0.1, -0.05) is 18.2 Å². The fourth-order valence-electron chi connectivity index (χ4n) is 3.09. The molecule has 0 radical (unpaired) electrons. The van der Waals surface area contributed by atoms with Crippen molar-refractivity contribution in [1.29, 1.82) is 5.26 Å². The van der Waals surface area contributed by atoms with Crippen LogP contribution in [0.3, 0.4) is 0 Å². The Balaban J connectivity index is 2.26. The molecule has 0 amide bonds. The number of nitriles is 1. The molecule has 3 aromatic rings. The first kappa shape index (κ1) is 19.0. The molecular formula is C19H20N6O3. The summed E-state index contributed by atoms with van der Waals surface area (Å²) in [6, 6.07) is 8.69. The first-order valence-electron chi connectivity index (χ1n) is 8.47. The molecule has 0 aliphatic carbocycles. The summed E-state index contributed by atoms with van der Waals surface area (Å²) in [6.07, 6.45) is 3.43. The van der Waals surface area contributed by atoms with Gasteiger partial charge in [0.25, 0.3) is 5.56 Å². The number of aryl methyl sites for hydroxylation is 1. The summed E-state index contributed by atoms with van der Waals surface area (Å²) in [7, 11) is 6.23. The van der Waals surface area contributed by atoms with Crippen LogP contribution >= 0.6 is 0 Å². The highest BCUT2D eigenvalue weighted by Gasteiger charge is 2.25. The number of methoxy groups -OCH3 is 1. The van der Waals surface area contributed by atoms with Gasteiger partial charge in [0.1, 0.15) is 29.5 Å². The second kappa shape index (κ2) is 7.44. The molecule has 3 rings (SSSR count). The number of ether oxygens (including phenoxy) is 1. The van der Waals surface area contributed by atoms with Crippen LogP contribution in [0.4, 0.5) is 5.82 Å². The van der Waals surface area contributed by atoms with Crippen molar-refractivity contribution in [1.82, 2.24) is 18.7 Å². The van der Waals surface area contributed by atoms with Gasteiger partial charge >= 0.3 is 5.69 Å². The van der Waals surface area contributed by atoms with E-state index in [-0.39, 0.29) is 11.4 Å². The van der Waals surface area contributed by atoms with E-state index in [1.165, 1.54) is 18.7 Å². The number of rotatable bonds is 5. The Morgan fingerprint density at radius 2 is 1.89 bits per heavy atom. The maximum Gasteiger partial charge on any atom is 0.332 e. The Morgan fingerprint density at radius 1 is 1.18 bits per heavy atom. The number of para-hydroxylation sites is 1. The Labute approximate surface area is 161 Å². The molecule has 0 fully saturated rings. The molecule has 2 aromatic heterocycles. The molecule has 1 unspecified atom stereocenters. The maximum atomic E-state index is 12.4. The highest BCUT2D eigenvalue weighted by Crippen LogP contribution is 2.32. The molecule has 1 aromatic carbocycles. The minimum atomic E-state index is -0.660. The van der Waals surface area contributed by atoms with Crippen LogP contribution in [-0.2, 0) is 21.1 Å². The molecule has 0 aliphatic heterocycles. The van der Waals surface area contributed by atoms with Crippen molar-refractivity contribution in [2.24, 2.45) is 21.1 Å². The molecule has 0 bridgehead atoms. The van der Waals surface area contributed by atoms with Crippen LogP contribution in [0.2, 0.25) is 0 Å². The van der Waals surface area contributed by atoms with Gasteiger partial charge in [-0.05, 0) is 6.07 Å². The number of imidazole rings is 1. The number of benzene rings is 1. The van der Waals surface area contributed by atoms with E-state index in [2.05, 4.69) is 10.3 Å². The highest BCUT2D eigenvalue weighted by atomic mass is 16.5. The smallest absolute Gasteiger partial charge is 0.332 e. The van der Waals surface area contributed by atoms with E-state index in [0.717, 1.165) is 10.1 Å². The minimum Gasteiger partial charge on any atom is -0.496 e. The maximum absolute atomic E-state index is 12.4. The van der Waals surface area contributed by atoms with Crippen LogP contribution in [-0.4, -0.2) is 25.8 Å². The van der Waals surface area contributed by atoms with Gasteiger partial charge in [-0.25, -0.2) is 9.78 Å². The molecule has 0 spiro atoms. The molecule has 1 atom stereocenters. The second-order valence-electron chi connectivity index (χ2n) is 6.26. The quantitative estimate of drug-likeness (QED) is 0.705. The van der Waals surface area contributed by atoms with Gasteiger partial charge in [0.05, 0.1) is 7.11 Å². The van der Waals surface area contributed by atoms with Gasteiger partial charge in [-0.3, -0.25) is 13.9 Å². The molecule has 0 saturated carbocycles. The molecule has 1 N–H and O–H groups in total. The molecule has 9 heteroatoms. The van der Waals surface area contributed by atoms with Crippen molar-refractivity contribution in [3.8, 4) is 11.8 Å². The van der Waals surface area contributed by atoms with E-state index in [9.17, 15) is 14.9 Å². The van der Waals surface area contributed by atoms with Crippen molar-refractivity contribution in [3.63, 3.8) is 0 Å². The Kier molecular flexibility index (Phi) is 5.04. The fraction of sp³-hybridized carbons (Fsp3) is 0.263. The van der Waals surface area contributed by atoms with E-state index in [0.29, 0.717) is 11.6 Å². The number of hydrogen-bond donors (Lipinski definition) is 1. The van der Waals surface area contributed by atoms with Crippen molar-refractivity contribution in [3.05, 3.63) is 74.4 Å². The van der Waals surface area contributed by atoms with Crippen LogP contribution < -0.4 is 21.3 Å². The molecule has 0 aliphatic rings. The molecule has 28 heavy (non-hydrogen) atoms. The van der Waals surface area contributed by atoms with Gasteiger partial charge in [0.15, 0.2) is 5.56 Å². The molecule has 2 heterocycles. The normalized spacial score (nSPS) is 11.7. The number of anilines is 1. The average Bonchev–Trinajstić information content (AvgIpc) is 3.13. The van der Waals surface area contributed by atoms with Crippen molar-refractivity contribution >= 4 is 5.82 Å². The summed E-state index contributed by atoms with van der Waals surface area (Å²) in [4.78, 5) is 29.2. The van der Waals surface area contributed by atoms with E-state index < -0.39 is 17.3 Å². The van der Waals surface area contributed by atoms with Gasteiger partial charge in [-0.2, -0.15) is 5.26 Å². The van der Waals surface area contributed by atoms with Gasteiger partial charge in [0.2, 0.25) is 0 Å². The number of aromatic nitrogens is 4. The number of nitrogens with one attached hydrogen (secondary N) is 1. The number of hydrogen-bond acceptors (Lipinski definition) is 6. The zero-order valence-electron chi connectivity index (χ0n) is 16.0. The van der Waals surface area contributed by atoms with Crippen LogP contribution in [0, 0.1) is 11.3 Å².